The number of carbonyl (C=O) groups is 1. The highest BCUT2D eigenvalue weighted by atomic mass is 35.5. The molecule has 4 atom stereocenters. The molecule has 1 aromatic rings. The lowest BCUT2D eigenvalue weighted by atomic mass is 9.46. The molecule has 0 spiro atoms. The number of aliphatic carboxylic acids is 1. The molecule has 6 rings (SSSR count). The maximum absolute atomic E-state index is 13.0. The number of anilines is 1. The van der Waals surface area contributed by atoms with Crippen molar-refractivity contribution in [2.45, 2.75) is 69.4 Å². The average Bonchev–Trinajstić information content (AvgIpc) is 3.33. The summed E-state index contributed by atoms with van der Waals surface area (Å²) in [6.45, 7) is 0. The molecule has 0 saturated heterocycles. The quantitative estimate of drug-likeness (QED) is 0.822. The van der Waals surface area contributed by atoms with Gasteiger partial charge in [-0.05, 0) is 68.6 Å². The summed E-state index contributed by atoms with van der Waals surface area (Å²) in [6, 6.07) is 0.405. The Hall–Kier alpha value is -1.56. The van der Waals surface area contributed by atoms with Crippen molar-refractivity contribution in [2.75, 3.05) is 5.32 Å². The van der Waals surface area contributed by atoms with Crippen LogP contribution in [0.4, 0.5) is 5.69 Å². The van der Waals surface area contributed by atoms with Crippen molar-refractivity contribution in [2.24, 2.45) is 17.3 Å². The molecule has 5 fully saturated rings. The highest BCUT2D eigenvalue weighted by Gasteiger charge is 2.59. The predicted molar refractivity (Wildman–Crippen MR) is 97.5 cm³/mol. The lowest BCUT2D eigenvalue weighted by Crippen LogP contribution is -2.59. The summed E-state index contributed by atoms with van der Waals surface area (Å²) < 4.78 is 1.61. The van der Waals surface area contributed by atoms with E-state index in [0.717, 1.165) is 51.4 Å². The highest BCUT2D eigenvalue weighted by Crippen LogP contribution is 2.65. The van der Waals surface area contributed by atoms with Crippen LogP contribution < -0.4 is 10.9 Å². The molecule has 7 heteroatoms. The van der Waals surface area contributed by atoms with Crippen LogP contribution in [-0.4, -0.2) is 26.9 Å². The zero-order chi connectivity index (χ0) is 18.1. The number of nitrogens with zero attached hydrogens (tertiary/aromatic N) is 2. The fourth-order valence-electron chi connectivity index (χ4n) is 6.50. The Morgan fingerprint density at radius 2 is 2.00 bits per heavy atom. The molecule has 26 heavy (non-hydrogen) atoms. The standard InChI is InChI=1S/C19H24ClN3O3/c20-16-14(22-13-1-2-13)9-21-23(17(16)26)19-6-11-3-12(7-19)5-18(4-11,10-19)8-15(24)25/h9,11-13,22H,1-8,10H2,(H,24,25)/t11-,12+,18?,19?. The van der Waals surface area contributed by atoms with E-state index in [0.29, 0.717) is 23.6 Å². The summed E-state index contributed by atoms with van der Waals surface area (Å²) in [6.07, 6.45) is 9.77. The number of nitrogens with one attached hydrogen (secondary N) is 1. The van der Waals surface area contributed by atoms with Gasteiger partial charge in [-0.15, -0.1) is 0 Å². The minimum atomic E-state index is -0.732. The van der Waals surface area contributed by atoms with E-state index in [1.807, 2.05) is 0 Å². The third-order valence-electron chi connectivity index (χ3n) is 6.98. The lowest BCUT2D eigenvalue weighted by molar-refractivity contribution is -0.151. The number of carboxylic acid groups (broad SMARTS) is 1. The van der Waals surface area contributed by atoms with Gasteiger partial charge in [0, 0.05) is 6.04 Å². The van der Waals surface area contributed by atoms with E-state index >= 15 is 0 Å². The first kappa shape index (κ1) is 16.6. The lowest BCUT2D eigenvalue weighted by Gasteiger charge is -2.61. The molecule has 2 unspecified atom stereocenters. The van der Waals surface area contributed by atoms with E-state index in [-0.39, 0.29) is 28.0 Å². The third-order valence-corrected chi connectivity index (χ3v) is 7.35. The van der Waals surface area contributed by atoms with Crippen LogP contribution >= 0.6 is 11.6 Å². The van der Waals surface area contributed by atoms with Crippen molar-refractivity contribution in [3.8, 4) is 0 Å². The van der Waals surface area contributed by atoms with E-state index in [2.05, 4.69) is 10.4 Å². The second kappa shape index (κ2) is 5.47. The Morgan fingerprint density at radius 1 is 1.31 bits per heavy atom. The first-order valence-electron chi connectivity index (χ1n) is 9.65. The zero-order valence-corrected chi connectivity index (χ0v) is 15.5. The van der Waals surface area contributed by atoms with Crippen LogP contribution in [0.5, 0.6) is 0 Å². The largest absolute Gasteiger partial charge is 0.481 e. The molecular weight excluding hydrogens is 354 g/mol. The van der Waals surface area contributed by atoms with Gasteiger partial charge in [0.05, 0.1) is 23.8 Å². The highest BCUT2D eigenvalue weighted by molar-refractivity contribution is 6.32. The van der Waals surface area contributed by atoms with Gasteiger partial charge in [-0.1, -0.05) is 11.6 Å². The Balaban J connectivity index is 1.54. The third kappa shape index (κ3) is 2.56. The summed E-state index contributed by atoms with van der Waals surface area (Å²) in [5.41, 5.74) is -0.155. The van der Waals surface area contributed by atoms with Gasteiger partial charge >= 0.3 is 5.97 Å². The minimum absolute atomic E-state index is 0.186. The first-order valence-corrected chi connectivity index (χ1v) is 10.0. The number of rotatable bonds is 5. The summed E-state index contributed by atoms with van der Waals surface area (Å²) in [4.78, 5) is 24.5. The summed E-state index contributed by atoms with van der Waals surface area (Å²) in [5.74, 6) is 0.254. The average molecular weight is 378 g/mol. The number of hydrogen-bond donors (Lipinski definition) is 2. The molecule has 0 aliphatic heterocycles. The van der Waals surface area contributed by atoms with Crippen molar-refractivity contribution in [3.63, 3.8) is 0 Å². The summed E-state index contributed by atoms with van der Waals surface area (Å²) in [7, 11) is 0. The van der Waals surface area contributed by atoms with Gasteiger partial charge in [0.25, 0.3) is 5.56 Å². The molecule has 0 aromatic carbocycles. The maximum Gasteiger partial charge on any atom is 0.303 e. The Labute approximate surface area is 156 Å². The van der Waals surface area contributed by atoms with Crippen LogP contribution in [0.25, 0.3) is 0 Å². The van der Waals surface area contributed by atoms with Crippen LogP contribution in [0.2, 0.25) is 5.02 Å². The van der Waals surface area contributed by atoms with E-state index in [9.17, 15) is 14.7 Å². The smallest absolute Gasteiger partial charge is 0.303 e. The molecule has 140 valence electrons. The molecule has 1 aromatic heterocycles. The molecule has 6 nitrogen and oxygen atoms in total. The fourth-order valence-corrected chi connectivity index (χ4v) is 6.68. The van der Waals surface area contributed by atoms with Gasteiger partial charge in [0.1, 0.15) is 5.02 Å². The van der Waals surface area contributed by atoms with Crippen molar-refractivity contribution in [1.29, 1.82) is 0 Å². The molecule has 5 saturated carbocycles. The summed E-state index contributed by atoms with van der Waals surface area (Å²) in [5, 5.41) is 17.5. The monoisotopic (exact) mass is 377 g/mol. The van der Waals surface area contributed by atoms with Gasteiger partial charge in [-0.3, -0.25) is 9.59 Å². The fraction of sp³-hybridized carbons (Fsp3) is 0.737. The normalized spacial score (nSPS) is 37.7. The number of hydrogen-bond acceptors (Lipinski definition) is 4. The number of halogens is 1. The van der Waals surface area contributed by atoms with E-state index in [4.69, 9.17) is 11.6 Å². The molecule has 0 amide bonds. The molecule has 0 radical (unpaired) electrons. The van der Waals surface area contributed by atoms with Crippen LogP contribution in [0.15, 0.2) is 11.0 Å². The predicted octanol–water partition coefficient (Wildman–Crippen LogP) is 3.24. The first-order chi connectivity index (χ1) is 12.4. The van der Waals surface area contributed by atoms with Gasteiger partial charge in [-0.2, -0.15) is 5.10 Å². The second-order valence-corrected chi connectivity index (χ2v) is 9.64. The van der Waals surface area contributed by atoms with Crippen LogP contribution in [0, 0.1) is 17.3 Å². The van der Waals surface area contributed by atoms with Gasteiger partial charge in [0.15, 0.2) is 0 Å². The molecule has 5 aliphatic carbocycles. The second-order valence-electron chi connectivity index (χ2n) is 9.26. The van der Waals surface area contributed by atoms with Gasteiger partial charge in [-0.25, -0.2) is 4.68 Å². The molecule has 1 heterocycles. The van der Waals surface area contributed by atoms with Crippen LogP contribution in [0.1, 0.15) is 57.8 Å². The van der Waals surface area contributed by atoms with E-state index < -0.39 is 5.97 Å². The molecule has 5 aliphatic rings. The van der Waals surface area contributed by atoms with Crippen molar-refractivity contribution >= 4 is 23.3 Å². The van der Waals surface area contributed by atoms with Gasteiger partial charge in [0.2, 0.25) is 0 Å². The summed E-state index contributed by atoms with van der Waals surface area (Å²) >= 11 is 6.40. The molecule has 2 N–H and O–H groups in total. The maximum atomic E-state index is 13.0. The Kier molecular flexibility index (Phi) is 3.49. The molecule has 4 bridgehead atoms. The Bertz CT molecular complexity index is 818. The minimum Gasteiger partial charge on any atom is -0.481 e. The zero-order valence-electron chi connectivity index (χ0n) is 14.7. The SMILES string of the molecule is O=C(O)CC12C[C@H]3C[C@@H](C1)CC(n1ncc(NC4CC4)c(Cl)c1=O)(C3)C2. The van der Waals surface area contributed by atoms with Gasteiger partial charge < -0.3 is 10.4 Å². The number of aromatic nitrogens is 2. The van der Waals surface area contributed by atoms with Crippen molar-refractivity contribution in [3.05, 3.63) is 21.6 Å². The van der Waals surface area contributed by atoms with E-state index in [1.54, 1.807) is 10.9 Å². The van der Waals surface area contributed by atoms with E-state index in [1.165, 1.54) is 0 Å². The Morgan fingerprint density at radius 3 is 2.62 bits per heavy atom. The topological polar surface area (TPSA) is 84.2 Å². The van der Waals surface area contributed by atoms with Crippen LogP contribution in [-0.2, 0) is 10.3 Å². The van der Waals surface area contributed by atoms with Crippen molar-refractivity contribution < 1.29 is 9.90 Å². The molecular formula is C19H24ClN3O3. The number of carboxylic acids is 1. The van der Waals surface area contributed by atoms with Crippen molar-refractivity contribution in [1.82, 2.24) is 9.78 Å². The van der Waals surface area contributed by atoms with Crippen LogP contribution in [0.3, 0.4) is 0 Å².